The molecule has 14 heavy (non-hydrogen) atoms. The van der Waals surface area contributed by atoms with Crippen molar-refractivity contribution in [2.45, 2.75) is 6.10 Å². The van der Waals surface area contributed by atoms with Gasteiger partial charge >= 0.3 is 5.97 Å². The van der Waals surface area contributed by atoms with E-state index >= 15 is 0 Å². The molecule has 1 aromatic carbocycles. The Bertz CT molecular complexity index is 332. The molecule has 0 saturated heterocycles. The van der Waals surface area contributed by atoms with Crippen LogP contribution in [0, 0.1) is 3.57 Å². The Hall–Kier alpha value is -1.04. The van der Waals surface area contributed by atoms with Gasteiger partial charge in [-0.1, -0.05) is 6.58 Å². The average molecular weight is 304 g/mol. The fourth-order valence-electron chi connectivity index (χ4n) is 0.859. The van der Waals surface area contributed by atoms with Gasteiger partial charge in [0.25, 0.3) is 0 Å². The van der Waals surface area contributed by atoms with Gasteiger partial charge in [0.05, 0.1) is 0 Å². The van der Waals surface area contributed by atoms with E-state index in [1.54, 1.807) is 12.1 Å². The fourth-order valence-corrected chi connectivity index (χ4v) is 1.22. The molecule has 3 nitrogen and oxygen atoms in total. The van der Waals surface area contributed by atoms with Crippen LogP contribution < -0.4 is 4.74 Å². The second-order valence-corrected chi connectivity index (χ2v) is 3.81. The standard InChI is InChI=1S/C10H9IO3/c1-2-9(10(12)13)14-8-5-3-7(11)4-6-8/h2-6,9H,1H2,(H,12,13). The maximum atomic E-state index is 10.6. The van der Waals surface area contributed by atoms with Crippen molar-refractivity contribution in [3.8, 4) is 5.75 Å². The van der Waals surface area contributed by atoms with Crippen molar-refractivity contribution in [3.05, 3.63) is 40.5 Å². The van der Waals surface area contributed by atoms with E-state index in [4.69, 9.17) is 9.84 Å². The zero-order valence-electron chi connectivity index (χ0n) is 7.31. The normalized spacial score (nSPS) is 11.8. The Kier molecular flexibility index (Phi) is 3.94. The summed E-state index contributed by atoms with van der Waals surface area (Å²) in [7, 11) is 0. The highest BCUT2D eigenvalue weighted by atomic mass is 127. The van der Waals surface area contributed by atoms with Crippen LogP contribution in [0.15, 0.2) is 36.9 Å². The topological polar surface area (TPSA) is 46.5 Å². The van der Waals surface area contributed by atoms with Gasteiger partial charge in [-0.2, -0.15) is 0 Å². The first-order chi connectivity index (χ1) is 6.63. The molecule has 74 valence electrons. The highest BCUT2D eigenvalue weighted by Gasteiger charge is 2.14. The number of ether oxygens (including phenoxy) is 1. The number of carboxylic acids is 1. The minimum Gasteiger partial charge on any atom is -0.478 e. The second-order valence-electron chi connectivity index (χ2n) is 2.57. The summed E-state index contributed by atoms with van der Waals surface area (Å²) < 4.78 is 6.23. The molecule has 0 aliphatic carbocycles. The van der Waals surface area contributed by atoms with Crippen molar-refractivity contribution in [2.75, 3.05) is 0 Å². The molecular formula is C10H9IO3. The van der Waals surface area contributed by atoms with E-state index in [-0.39, 0.29) is 0 Å². The summed E-state index contributed by atoms with van der Waals surface area (Å²) in [6.45, 7) is 3.39. The van der Waals surface area contributed by atoms with E-state index in [1.807, 2.05) is 12.1 Å². The number of carbonyl (C=O) groups is 1. The van der Waals surface area contributed by atoms with Crippen LogP contribution in [0.3, 0.4) is 0 Å². The monoisotopic (exact) mass is 304 g/mol. The zero-order chi connectivity index (χ0) is 10.6. The molecule has 0 aliphatic heterocycles. The van der Waals surface area contributed by atoms with Gasteiger partial charge < -0.3 is 9.84 Å². The first-order valence-corrected chi connectivity index (χ1v) is 4.99. The third-order valence-corrected chi connectivity index (χ3v) is 2.25. The summed E-state index contributed by atoms with van der Waals surface area (Å²) in [4.78, 5) is 10.6. The number of aliphatic carboxylic acids is 1. The van der Waals surface area contributed by atoms with Crippen LogP contribution in [0.4, 0.5) is 0 Å². The van der Waals surface area contributed by atoms with Gasteiger partial charge in [0.1, 0.15) is 5.75 Å². The summed E-state index contributed by atoms with van der Waals surface area (Å²) in [5.74, 6) is -0.517. The molecule has 1 aromatic rings. The molecule has 0 saturated carbocycles. The molecule has 0 heterocycles. The molecule has 1 unspecified atom stereocenters. The molecule has 1 atom stereocenters. The molecule has 0 fully saturated rings. The van der Waals surface area contributed by atoms with Crippen LogP contribution in [-0.4, -0.2) is 17.2 Å². The maximum Gasteiger partial charge on any atom is 0.349 e. The number of halogens is 1. The van der Waals surface area contributed by atoms with Gasteiger partial charge in [0.15, 0.2) is 0 Å². The van der Waals surface area contributed by atoms with E-state index < -0.39 is 12.1 Å². The molecule has 0 spiro atoms. The summed E-state index contributed by atoms with van der Waals surface area (Å²) in [5, 5.41) is 8.69. The van der Waals surface area contributed by atoms with Crippen LogP contribution in [0.1, 0.15) is 0 Å². The molecule has 0 bridgehead atoms. The van der Waals surface area contributed by atoms with E-state index in [9.17, 15) is 4.79 Å². The van der Waals surface area contributed by atoms with E-state index in [2.05, 4.69) is 29.2 Å². The molecule has 0 aliphatic rings. The van der Waals surface area contributed by atoms with Crippen LogP contribution in [0.25, 0.3) is 0 Å². The Labute approximate surface area is 95.5 Å². The van der Waals surface area contributed by atoms with Crippen LogP contribution in [0.5, 0.6) is 5.75 Å². The van der Waals surface area contributed by atoms with Gasteiger partial charge in [-0.3, -0.25) is 0 Å². The van der Waals surface area contributed by atoms with Crippen molar-refractivity contribution in [1.29, 1.82) is 0 Å². The summed E-state index contributed by atoms with van der Waals surface area (Å²) in [6, 6.07) is 7.14. The molecular weight excluding hydrogens is 295 g/mol. The molecule has 0 aromatic heterocycles. The molecule has 0 radical (unpaired) electrons. The Balaban J connectivity index is 2.72. The average Bonchev–Trinajstić information content (AvgIpc) is 2.16. The second kappa shape index (κ2) is 4.99. The van der Waals surface area contributed by atoms with Crippen molar-refractivity contribution >= 4 is 28.6 Å². The van der Waals surface area contributed by atoms with Crippen molar-refractivity contribution in [3.63, 3.8) is 0 Å². The number of carboxylic acid groups (broad SMARTS) is 1. The highest BCUT2D eigenvalue weighted by Crippen LogP contribution is 2.15. The number of rotatable bonds is 4. The lowest BCUT2D eigenvalue weighted by Crippen LogP contribution is -2.24. The predicted octanol–water partition coefficient (Wildman–Crippen LogP) is 2.31. The smallest absolute Gasteiger partial charge is 0.349 e. The Morgan fingerprint density at radius 3 is 2.50 bits per heavy atom. The molecule has 1 N–H and O–H groups in total. The fraction of sp³-hybridized carbons (Fsp3) is 0.100. The van der Waals surface area contributed by atoms with Gasteiger partial charge in [-0.05, 0) is 52.9 Å². The Morgan fingerprint density at radius 2 is 2.07 bits per heavy atom. The largest absolute Gasteiger partial charge is 0.478 e. The minimum atomic E-state index is -1.04. The van der Waals surface area contributed by atoms with E-state index in [0.717, 1.165) is 3.57 Å². The zero-order valence-corrected chi connectivity index (χ0v) is 9.47. The SMILES string of the molecule is C=CC(Oc1ccc(I)cc1)C(=O)O. The third-order valence-electron chi connectivity index (χ3n) is 1.53. The summed E-state index contributed by atoms with van der Waals surface area (Å²) >= 11 is 2.16. The van der Waals surface area contributed by atoms with Crippen molar-refractivity contribution < 1.29 is 14.6 Å². The van der Waals surface area contributed by atoms with E-state index in [1.165, 1.54) is 6.08 Å². The number of hydrogen-bond donors (Lipinski definition) is 1. The van der Waals surface area contributed by atoms with Gasteiger partial charge in [-0.25, -0.2) is 4.79 Å². The third kappa shape index (κ3) is 3.02. The lowest BCUT2D eigenvalue weighted by atomic mass is 10.3. The predicted molar refractivity (Wildman–Crippen MR) is 61.4 cm³/mol. The van der Waals surface area contributed by atoms with Crippen LogP contribution in [0.2, 0.25) is 0 Å². The maximum absolute atomic E-state index is 10.6. The number of hydrogen-bond acceptors (Lipinski definition) is 2. The summed E-state index contributed by atoms with van der Waals surface area (Å²) in [6.07, 6.45) is 0.260. The van der Waals surface area contributed by atoms with E-state index in [0.29, 0.717) is 5.75 Å². The molecule has 0 amide bonds. The minimum absolute atomic E-state index is 0.526. The lowest BCUT2D eigenvalue weighted by molar-refractivity contribution is -0.142. The van der Waals surface area contributed by atoms with Crippen molar-refractivity contribution in [2.24, 2.45) is 0 Å². The van der Waals surface area contributed by atoms with Gasteiger partial charge in [-0.15, -0.1) is 0 Å². The van der Waals surface area contributed by atoms with Crippen LogP contribution in [-0.2, 0) is 4.79 Å². The van der Waals surface area contributed by atoms with Gasteiger partial charge in [0, 0.05) is 3.57 Å². The first-order valence-electron chi connectivity index (χ1n) is 3.91. The van der Waals surface area contributed by atoms with Crippen LogP contribution >= 0.6 is 22.6 Å². The number of benzene rings is 1. The quantitative estimate of drug-likeness (QED) is 0.686. The Morgan fingerprint density at radius 1 is 1.50 bits per heavy atom. The molecule has 1 rings (SSSR count). The van der Waals surface area contributed by atoms with Crippen molar-refractivity contribution in [1.82, 2.24) is 0 Å². The van der Waals surface area contributed by atoms with Gasteiger partial charge in [0.2, 0.25) is 6.10 Å². The molecule has 4 heteroatoms. The highest BCUT2D eigenvalue weighted by molar-refractivity contribution is 14.1. The lowest BCUT2D eigenvalue weighted by Gasteiger charge is -2.10. The summed E-state index contributed by atoms with van der Waals surface area (Å²) in [5.41, 5.74) is 0. The first kappa shape index (κ1) is 11.0.